The van der Waals surface area contributed by atoms with Gasteiger partial charge < -0.3 is 14.8 Å². The highest BCUT2D eigenvalue weighted by Gasteiger charge is 2.19. The predicted octanol–water partition coefficient (Wildman–Crippen LogP) is 6.41. The number of carbonyl (C=O) groups is 2. The van der Waals surface area contributed by atoms with Crippen molar-refractivity contribution in [1.29, 1.82) is 0 Å². The molecule has 1 N–H and O–H groups in total. The average Bonchev–Trinajstić information content (AvgIpc) is 3.36. The summed E-state index contributed by atoms with van der Waals surface area (Å²) in [4.78, 5) is 27.9. The van der Waals surface area contributed by atoms with E-state index in [2.05, 4.69) is 22.9 Å². The molecular formula is C30H39ClN3O4P. The number of halogens is 1. The van der Waals surface area contributed by atoms with Crippen molar-refractivity contribution >= 4 is 41.9 Å². The third kappa shape index (κ3) is 8.28. The minimum Gasteiger partial charge on any atom is -0.495 e. The standard InChI is InChI=1S/C30H39ClN3O4P/c1-3-5-22(6-4-7-28(35)23-8-10-24(31)11-9-23)20-39-21-26-27(33-39)13-12-25(29(26)37-2)30(36)32-14-15-34-16-18-38-19-17-34/h8-13,21-22H,3-7,14-20H2,1-2H3,(H,32,36). The van der Waals surface area contributed by atoms with E-state index in [0.717, 1.165) is 81.2 Å². The maximum Gasteiger partial charge on any atom is 0.255 e. The van der Waals surface area contributed by atoms with E-state index in [-0.39, 0.29) is 11.7 Å². The summed E-state index contributed by atoms with van der Waals surface area (Å²) in [6, 6.07) is 10.9. The molecule has 1 amide bonds. The van der Waals surface area contributed by atoms with Crippen LogP contribution in [0.3, 0.4) is 0 Å². The predicted molar refractivity (Wildman–Crippen MR) is 159 cm³/mol. The Balaban J connectivity index is 1.36. The van der Waals surface area contributed by atoms with Crippen molar-refractivity contribution in [3.8, 4) is 5.75 Å². The second kappa shape index (κ2) is 14.8. The zero-order chi connectivity index (χ0) is 27.6. The van der Waals surface area contributed by atoms with E-state index in [1.54, 1.807) is 31.4 Å². The third-order valence-corrected chi connectivity index (χ3v) is 9.45. The van der Waals surface area contributed by atoms with Crippen molar-refractivity contribution in [2.45, 2.75) is 45.2 Å². The molecule has 1 aliphatic rings. The number of morpholine rings is 1. The van der Waals surface area contributed by atoms with Crippen molar-refractivity contribution in [1.82, 2.24) is 15.0 Å². The van der Waals surface area contributed by atoms with Crippen LogP contribution in [0.15, 0.2) is 42.2 Å². The van der Waals surface area contributed by atoms with E-state index in [1.165, 1.54) is 0 Å². The van der Waals surface area contributed by atoms with Crippen LogP contribution >= 0.6 is 19.3 Å². The number of nitrogens with one attached hydrogen (secondary N) is 1. The number of carbonyl (C=O) groups excluding carboxylic acids is 2. The van der Waals surface area contributed by atoms with Gasteiger partial charge in [0.1, 0.15) is 5.75 Å². The fourth-order valence-electron chi connectivity index (χ4n) is 5.19. The second-order valence-corrected chi connectivity index (χ2v) is 12.3. The van der Waals surface area contributed by atoms with Gasteiger partial charge in [0.2, 0.25) is 0 Å². The van der Waals surface area contributed by atoms with Gasteiger partial charge in [-0.1, -0.05) is 31.4 Å². The normalized spacial score (nSPS) is 15.3. The molecule has 39 heavy (non-hydrogen) atoms. The molecule has 210 valence electrons. The first-order chi connectivity index (χ1) is 19.0. The lowest BCUT2D eigenvalue weighted by atomic mass is 9.97. The number of benzene rings is 2. The highest BCUT2D eigenvalue weighted by atomic mass is 35.5. The number of rotatable bonds is 14. The molecule has 2 atom stereocenters. The van der Waals surface area contributed by atoms with Gasteiger partial charge in [0, 0.05) is 54.7 Å². The topological polar surface area (TPSA) is 80.8 Å². The SMILES string of the molecule is CCCC(CCCC(=O)c1ccc(Cl)cc1)Cp1cc2c(OC)c(C(=O)NCCN3CCOCC3)ccc2n1. The van der Waals surface area contributed by atoms with Crippen molar-refractivity contribution in [2.24, 2.45) is 5.92 Å². The lowest BCUT2D eigenvalue weighted by molar-refractivity contribution is 0.0383. The van der Waals surface area contributed by atoms with Crippen LogP contribution in [-0.2, 0) is 10.9 Å². The number of hydrogen-bond acceptors (Lipinski definition) is 6. The molecule has 1 aromatic heterocycles. The van der Waals surface area contributed by atoms with Gasteiger partial charge in [-0.3, -0.25) is 14.5 Å². The molecule has 9 heteroatoms. The van der Waals surface area contributed by atoms with Gasteiger partial charge >= 0.3 is 0 Å². The van der Waals surface area contributed by atoms with Crippen molar-refractivity contribution in [2.75, 3.05) is 46.5 Å². The lowest BCUT2D eigenvalue weighted by Crippen LogP contribution is -2.41. The minimum atomic E-state index is -0.705. The zero-order valence-corrected chi connectivity index (χ0v) is 24.6. The van der Waals surface area contributed by atoms with Crippen LogP contribution < -0.4 is 10.1 Å². The molecule has 0 radical (unpaired) electrons. The number of ether oxygens (including phenoxy) is 2. The smallest absolute Gasteiger partial charge is 0.255 e. The summed E-state index contributed by atoms with van der Waals surface area (Å²) < 4.78 is 16.1. The fraction of sp³-hybridized carbons (Fsp3) is 0.500. The van der Waals surface area contributed by atoms with E-state index in [9.17, 15) is 9.59 Å². The molecule has 0 bridgehead atoms. The number of amides is 1. The zero-order valence-electron chi connectivity index (χ0n) is 23.0. The number of aromatic nitrogens is 1. The minimum absolute atomic E-state index is 0.123. The highest BCUT2D eigenvalue weighted by molar-refractivity contribution is 7.44. The van der Waals surface area contributed by atoms with Crippen molar-refractivity contribution in [3.05, 3.63) is 58.3 Å². The van der Waals surface area contributed by atoms with Crippen LogP contribution in [0.2, 0.25) is 5.02 Å². The van der Waals surface area contributed by atoms with Crippen molar-refractivity contribution in [3.63, 3.8) is 0 Å². The van der Waals surface area contributed by atoms with Crippen LogP contribution in [0.25, 0.3) is 10.9 Å². The molecule has 2 heterocycles. The van der Waals surface area contributed by atoms with Crippen LogP contribution in [0.5, 0.6) is 5.75 Å². The van der Waals surface area contributed by atoms with Gasteiger partial charge in [-0.05, 0) is 68.6 Å². The van der Waals surface area contributed by atoms with Gasteiger partial charge in [0.25, 0.3) is 5.91 Å². The Morgan fingerprint density at radius 2 is 1.92 bits per heavy atom. The molecule has 2 aromatic carbocycles. The number of fused-ring (bicyclic) bond motifs is 1. The quantitative estimate of drug-likeness (QED) is 0.225. The van der Waals surface area contributed by atoms with E-state index in [4.69, 9.17) is 25.8 Å². The third-order valence-electron chi connectivity index (χ3n) is 7.28. The highest BCUT2D eigenvalue weighted by Crippen LogP contribution is 2.41. The van der Waals surface area contributed by atoms with Crippen molar-refractivity contribution < 1.29 is 19.1 Å². The monoisotopic (exact) mass is 571 g/mol. The summed E-state index contributed by atoms with van der Waals surface area (Å²) in [6.45, 7) is 6.88. The summed E-state index contributed by atoms with van der Waals surface area (Å²) in [6.07, 6.45) is 5.60. The molecular weight excluding hydrogens is 533 g/mol. The molecule has 3 aromatic rings. The Hall–Kier alpha value is -2.44. The van der Waals surface area contributed by atoms with Crippen LogP contribution in [0, 0.1) is 5.92 Å². The first kappa shape index (κ1) is 29.5. The summed E-state index contributed by atoms with van der Waals surface area (Å²) in [5.41, 5.74) is 2.17. The first-order valence-electron chi connectivity index (χ1n) is 13.9. The molecule has 0 aliphatic carbocycles. The maximum atomic E-state index is 13.0. The Morgan fingerprint density at radius 3 is 2.64 bits per heavy atom. The lowest BCUT2D eigenvalue weighted by Gasteiger charge is -2.26. The molecule has 0 saturated carbocycles. The maximum absolute atomic E-state index is 13.0. The molecule has 7 nitrogen and oxygen atoms in total. The number of nitrogens with zero attached hydrogens (tertiary/aromatic N) is 2. The number of hydrogen-bond donors (Lipinski definition) is 1. The van der Waals surface area contributed by atoms with E-state index >= 15 is 0 Å². The Labute approximate surface area is 237 Å². The van der Waals surface area contributed by atoms with Gasteiger partial charge in [-0.2, -0.15) is 0 Å². The second-order valence-electron chi connectivity index (χ2n) is 10.1. The molecule has 2 unspecified atom stereocenters. The number of ketones is 1. The summed E-state index contributed by atoms with van der Waals surface area (Å²) in [7, 11) is 0.912. The Kier molecular flexibility index (Phi) is 11.2. The van der Waals surface area contributed by atoms with Crippen LogP contribution in [0.1, 0.15) is 59.7 Å². The van der Waals surface area contributed by atoms with E-state index in [0.29, 0.717) is 35.2 Å². The van der Waals surface area contributed by atoms with Crippen LogP contribution in [0.4, 0.5) is 0 Å². The summed E-state index contributed by atoms with van der Waals surface area (Å²) in [5, 5.41) is 4.61. The Bertz CT molecular complexity index is 1240. The summed E-state index contributed by atoms with van der Waals surface area (Å²) >= 11 is 5.95. The molecule has 1 aliphatic heterocycles. The number of Topliss-reactive ketones (excluding diaryl/α,β-unsaturated/α-hetero) is 1. The van der Waals surface area contributed by atoms with Gasteiger partial charge in [-0.25, -0.2) is 4.75 Å². The molecule has 0 spiro atoms. The Morgan fingerprint density at radius 1 is 1.15 bits per heavy atom. The number of methoxy groups -OCH3 is 1. The first-order valence-corrected chi connectivity index (χ1v) is 15.8. The van der Waals surface area contributed by atoms with Gasteiger partial charge in [0.05, 0.1) is 31.4 Å². The average molecular weight is 572 g/mol. The molecule has 4 rings (SSSR count). The summed E-state index contributed by atoms with van der Waals surface area (Å²) in [5.74, 6) is 3.35. The van der Waals surface area contributed by atoms with E-state index in [1.807, 2.05) is 12.1 Å². The molecule has 1 fully saturated rings. The fourth-order valence-corrected chi connectivity index (χ4v) is 7.45. The van der Waals surface area contributed by atoms with E-state index < -0.39 is 7.69 Å². The van der Waals surface area contributed by atoms with Gasteiger partial charge in [-0.15, -0.1) is 0 Å². The molecule has 1 saturated heterocycles. The largest absolute Gasteiger partial charge is 0.495 e. The van der Waals surface area contributed by atoms with Crippen LogP contribution in [-0.4, -0.2) is 67.8 Å². The van der Waals surface area contributed by atoms with Gasteiger partial charge in [0.15, 0.2) is 5.78 Å².